The van der Waals surface area contributed by atoms with Crippen LogP contribution >= 0.6 is 0 Å². The van der Waals surface area contributed by atoms with Gasteiger partial charge in [0.2, 0.25) is 0 Å². The van der Waals surface area contributed by atoms with Crippen LogP contribution in [0.25, 0.3) is 0 Å². The number of rotatable bonds is 4. The van der Waals surface area contributed by atoms with Crippen LogP contribution in [0, 0.1) is 0 Å². The molecule has 0 unspecified atom stereocenters. The second-order valence-electron chi connectivity index (χ2n) is 3.23. The number of alkyl halides is 3. The quantitative estimate of drug-likeness (QED) is 0.860. The molecular weight excluding hydrogens is 241 g/mol. The van der Waals surface area contributed by atoms with E-state index in [1.54, 1.807) is 0 Å². The number of phenolic OH excluding ortho intramolecular Hbond substituents is 1. The molecule has 94 valence electrons. The van der Waals surface area contributed by atoms with Crippen LogP contribution in [-0.2, 0) is 11.2 Å². The second kappa shape index (κ2) is 4.94. The van der Waals surface area contributed by atoms with Gasteiger partial charge in [0.25, 0.3) is 0 Å². The van der Waals surface area contributed by atoms with E-state index in [0.29, 0.717) is 0 Å². The number of aliphatic carboxylic acids is 1. The van der Waals surface area contributed by atoms with Gasteiger partial charge in [-0.3, -0.25) is 4.79 Å². The third-order valence-electron chi connectivity index (χ3n) is 1.90. The molecule has 0 saturated carbocycles. The first-order chi connectivity index (χ1) is 7.78. The Balaban J connectivity index is 2.76. The molecule has 0 fully saturated rings. The van der Waals surface area contributed by atoms with Crippen LogP contribution in [0.1, 0.15) is 12.0 Å². The number of halogens is 3. The van der Waals surface area contributed by atoms with E-state index in [0.717, 1.165) is 12.1 Å². The third kappa shape index (κ3) is 4.62. The van der Waals surface area contributed by atoms with Gasteiger partial charge in [0.1, 0.15) is 11.5 Å². The second-order valence-corrected chi connectivity index (χ2v) is 3.23. The predicted octanol–water partition coefficient (Wildman–Crippen LogP) is 2.31. The molecule has 2 N–H and O–H groups in total. The number of phenols is 1. The van der Waals surface area contributed by atoms with Gasteiger partial charge in [0.15, 0.2) is 0 Å². The minimum Gasteiger partial charge on any atom is -0.508 e. The van der Waals surface area contributed by atoms with Crippen molar-refractivity contribution >= 4 is 5.97 Å². The van der Waals surface area contributed by atoms with Crippen molar-refractivity contribution in [2.75, 3.05) is 0 Å². The molecule has 0 bridgehead atoms. The van der Waals surface area contributed by atoms with E-state index >= 15 is 0 Å². The Morgan fingerprint density at radius 1 is 1.35 bits per heavy atom. The summed E-state index contributed by atoms with van der Waals surface area (Å²) in [4.78, 5) is 10.3. The molecule has 1 aromatic carbocycles. The molecular formula is C10H9F3O4. The van der Waals surface area contributed by atoms with Gasteiger partial charge in [0, 0.05) is 12.5 Å². The molecule has 0 saturated heterocycles. The first kappa shape index (κ1) is 13.1. The zero-order valence-electron chi connectivity index (χ0n) is 8.49. The Kier molecular flexibility index (Phi) is 3.82. The lowest BCUT2D eigenvalue weighted by Gasteiger charge is -2.10. The number of benzene rings is 1. The summed E-state index contributed by atoms with van der Waals surface area (Å²) in [6, 6.07) is 3.01. The Labute approximate surface area is 94.3 Å². The number of carboxylic acids is 1. The van der Waals surface area contributed by atoms with Crippen molar-refractivity contribution in [2.24, 2.45) is 0 Å². The molecule has 17 heavy (non-hydrogen) atoms. The largest absolute Gasteiger partial charge is 0.573 e. The fourth-order valence-corrected chi connectivity index (χ4v) is 1.19. The van der Waals surface area contributed by atoms with Gasteiger partial charge in [-0.25, -0.2) is 0 Å². The van der Waals surface area contributed by atoms with Crippen LogP contribution in [0.5, 0.6) is 11.5 Å². The summed E-state index contributed by atoms with van der Waals surface area (Å²) in [5.41, 5.74) is 0.252. The lowest BCUT2D eigenvalue weighted by Crippen LogP contribution is -2.17. The van der Waals surface area contributed by atoms with Gasteiger partial charge < -0.3 is 14.9 Å². The van der Waals surface area contributed by atoms with Crippen molar-refractivity contribution in [1.82, 2.24) is 0 Å². The number of aromatic hydroxyl groups is 1. The van der Waals surface area contributed by atoms with Crippen LogP contribution in [-0.4, -0.2) is 22.5 Å². The van der Waals surface area contributed by atoms with Gasteiger partial charge in [-0.2, -0.15) is 0 Å². The highest BCUT2D eigenvalue weighted by atomic mass is 19.4. The lowest BCUT2D eigenvalue weighted by atomic mass is 10.1. The van der Waals surface area contributed by atoms with E-state index in [9.17, 15) is 23.1 Å². The summed E-state index contributed by atoms with van der Waals surface area (Å²) in [6.45, 7) is 0. The molecule has 0 aliphatic heterocycles. The highest BCUT2D eigenvalue weighted by Gasteiger charge is 2.31. The smallest absolute Gasteiger partial charge is 0.508 e. The number of aryl methyl sites for hydroxylation is 1. The maximum Gasteiger partial charge on any atom is 0.573 e. The standard InChI is InChI=1S/C10H9F3O4/c11-10(12,13)17-7-3-1-6(8(14)5-7)2-4-9(15)16/h1,3,5,14H,2,4H2,(H,15,16). The van der Waals surface area contributed by atoms with Crippen molar-refractivity contribution in [3.05, 3.63) is 23.8 Å². The maximum atomic E-state index is 11.8. The van der Waals surface area contributed by atoms with Crippen molar-refractivity contribution in [3.63, 3.8) is 0 Å². The van der Waals surface area contributed by atoms with Gasteiger partial charge in [-0.1, -0.05) is 6.07 Å². The van der Waals surface area contributed by atoms with E-state index in [4.69, 9.17) is 5.11 Å². The number of ether oxygens (including phenoxy) is 1. The first-order valence-corrected chi connectivity index (χ1v) is 4.57. The van der Waals surface area contributed by atoms with E-state index < -0.39 is 23.8 Å². The molecule has 1 rings (SSSR count). The molecule has 0 heterocycles. The Morgan fingerprint density at radius 2 is 2.00 bits per heavy atom. The third-order valence-corrected chi connectivity index (χ3v) is 1.90. The first-order valence-electron chi connectivity index (χ1n) is 4.57. The highest BCUT2D eigenvalue weighted by Crippen LogP contribution is 2.28. The number of hydrogen-bond acceptors (Lipinski definition) is 3. The maximum absolute atomic E-state index is 11.8. The van der Waals surface area contributed by atoms with Crippen molar-refractivity contribution in [3.8, 4) is 11.5 Å². The van der Waals surface area contributed by atoms with Crippen LogP contribution < -0.4 is 4.74 Å². The molecule has 0 radical (unpaired) electrons. The van der Waals surface area contributed by atoms with E-state index in [2.05, 4.69) is 4.74 Å². The molecule has 1 aromatic rings. The Morgan fingerprint density at radius 3 is 2.47 bits per heavy atom. The number of hydrogen-bond donors (Lipinski definition) is 2. The van der Waals surface area contributed by atoms with Crippen LogP contribution in [0.3, 0.4) is 0 Å². The van der Waals surface area contributed by atoms with E-state index in [-0.39, 0.29) is 18.4 Å². The lowest BCUT2D eigenvalue weighted by molar-refractivity contribution is -0.274. The molecule has 4 nitrogen and oxygen atoms in total. The molecule has 0 aliphatic carbocycles. The van der Waals surface area contributed by atoms with E-state index in [1.807, 2.05) is 0 Å². The molecule has 0 atom stereocenters. The summed E-state index contributed by atoms with van der Waals surface area (Å²) in [5.74, 6) is -2.03. The minimum atomic E-state index is -4.82. The minimum absolute atomic E-state index is 0.0352. The van der Waals surface area contributed by atoms with Gasteiger partial charge in [-0.05, 0) is 18.1 Å². The zero-order valence-corrected chi connectivity index (χ0v) is 8.49. The monoisotopic (exact) mass is 250 g/mol. The molecule has 0 aliphatic rings. The van der Waals surface area contributed by atoms with Crippen molar-refractivity contribution < 1.29 is 32.9 Å². The Bertz CT molecular complexity index is 415. The van der Waals surface area contributed by atoms with Crippen LogP contribution in [0.2, 0.25) is 0 Å². The highest BCUT2D eigenvalue weighted by molar-refractivity contribution is 5.67. The van der Waals surface area contributed by atoms with Crippen LogP contribution in [0.4, 0.5) is 13.2 Å². The SMILES string of the molecule is O=C(O)CCc1ccc(OC(F)(F)F)cc1O. The molecule has 0 aromatic heterocycles. The molecule has 0 amide bonds. The zero-order chi connectivity index (χ0) is 13.1. The fraction of sp³-hybridized carbons (Fsp3) is 0.300. The van der Waals surface area contributed by atoms with Gasteiger partial charge in [-0.15, -0.1) is 13.2 Å². The Hall–Kier alpha value is -1.92. The number of carboxylic acid groups (broad SMARTS) is 1. The summed E-state index contributed by atoms with van der Waals surface area (Å²) < 4.78 is 39.1. The number of carbonyl (C=O) groups is 1. The topological polar surface area (TPSA) is 66.8 Å². The van der Waals surface area contributed by atoms with Crippen molar-refractivity contribution in [1.29, 1.82) is 0 Å². The van der Waals surface area contributed by atoms with Gasteiger partial charge in [0.05, 0.1) is 0 Å². The van der Waals surface area contributed by atoms with Crippen LogP contribution in [0.15, 0.2) is 18.2 Å². The average molecular weight is 250 g/mol. The predicted molar refractivity (Wildman–Crippen MR) is 50.7 cm³/mol. The van der Waals surface area contributed by atoms with Gasteiger partial charge >= 0.3 is 12.3 Å². The molecule has 0 spiro atoms. The molecule has 7 heteroatoms. The van der Waals surface area contributed by atoms with E-state index in [1.165, 1.54) is 6.07 Å². The normalized spacial score (nSPS) is 11.2. The summed E-state index contributed by atoms with van der Waals surface area (Å²) >= 11 is 0. The van der Waals surface area contributed by atoms with Crippen molar-refractivity contribution in [2.45, 2.75) is 19.2 Å². The average Bonchev–Trinajstić information content (AvgIpc) is 2.13. The fourth-order valence-electron chi connectivity index (χ4n) is 1.19. The summed E-state index contributed by atoms with van der Waals surface area (Å²) in [5, 5.41) is 17.8. The summed E-state index contributed by atoms with van der Waals surface area (Å²) in [7, 11) is 0. The summed E-state index contributed by atoms with van der Waals surface area (Å²) in [6.07, 6.45) is -5.00.